The molecule has 0 spiro atoms. The van der Waals surface area contributed by atoms with Crippen LogP contribution >= 0.6 is 7.82 Å². The monoisotopic (exact) mass is 878 g/mol. The van der Waals surface area contributed by atoms with Gasteiger partial charge in [0, 0.05) is 19.4 Å². The van der Waals surface area contributed by atoms with Crippen LogP contribution in [0.2, 0.25) is 0 Å². The van der Waals surface area contributed by atoms with Crippen LogP contribution in [0.25, 0.3) is 0 Å². The van der Waals surface area contributed by atoms with E-state index in [4.69, 9.17) is 24.3 Å². The molecule has 1 unspecified atom stereocenters. The average Bonchev–Trinajstić information content (AvgIpc) is 3.25. The Kier molecular flexibility index (Phi) is 45.4. The molecular weight excluding hydrogens is 786 g/mol. The number of hydrogen-bond acceptors (Lipinski definition) is 8. The first-order chi connectivity index (χ1) is 29.8. The quantitative estimate of drug-likeness (QED) is 0.0265. The molecule has 0 aromatic rings. The maximum Gasteiger partial charge on any atom is 0.472 e. The van der Waals surface area contributed by atoms with Gasteiger partial charge in [-0.05, 0) is 51.4 Å². The molecule has 0 saturated heterocycles. The lowest BCUT2D eigenvalue weighted by atomic mass is 10.0. The van der Waals surface area contributed by atoms with E-state index in [1.165, 1.54) is 135 Å². The molecule has 61 heavy (non-hydrogen) atoms. The Labute approximate surface area is 374 Å². The number of ether oxygens (including phenoxy) is 2. The van der Waals surface area contributed by atoms with Gasteiger partial charge in [0.05, 0.1) is 13.2 Å². The Bertz CT molecular complexity index is 1180. The fourth-order valence-corrected chi connectivity index (χ4v) is 7.50. The van der Waals surface area contributed by atoms with Gasteiger partial charge in [0.1, 0.15) is 6.61 Å². The highest BCUT2D eigenvalue weighted by atomic mass is 31.2. The van der Waals surface area contributed by atoms with E-state index < -0.39 is 32.5 Å². The van der Waals surface area contributed by atoms with Gasteiger partial charge in [0.25, 0.3) is 0 Å². The summed E-state index contributed by atoms with van der Waals surface area (Å²) in [5.41, 5.74) is 5.36. The van der Waals surface area contributed by atoms with Gasteiger partial charge < -0.3 is 20.1 Å². The number of nitrogens with two attached hydrogens (primary N) is 1. The molecule has 0 fully saturated rings. The summed E-state index contributed by atoms with van der Waals surface area (Å²) in [4.78, 5) is 35.0. The summed E-state index contributed by atoms with van der Waals surface area (Å²) in [6.45, 7) is 3.65. The minimum absolute atomic E-state index is 0.0431. The number of esters is 2. The van der Waals surface area contributed by atoms with Gasteiger partial charge in [-0.3, -0.25) is 18.6 Å². The molecule has 0 rings (SSSR count). The zero-order chi connectivity index (χ0) is 44.6. The molecule has 0 bridgehead atoms. The molecule has 2 atom stereocenters. The van der Waals surface area contributed by atoms with Crippen LogP contribution < -0.4 is 5.73 Å². The summed E-state index contributed by atoms with van der Waals surface area (Å²) >= 11 is 0. The van der Waals surface area contributed by atoms with Gasteiger partial charge in [-0.1, -0.05) is 216 Å². The maximum atomic E-state index is 12.6. The second-order valence-electron chi connectivity index (χ2n) is 16.3. The number of phosphoric ester groups is 1. The zero-order valence-corrected chi connectivity index (χ0v) is 40.0. The van der Waals surface area contributed by atoms with Gasteiger partial charge in [-0.25, -0.2) is 4.57 Å². The third kappa shape index (κ3) is 47.0. The number of hydrogen-bond donors (Lipinski definition) is 2. The van der Waals surface area contributed by atoms with Crippen molar-refractivity contribution in [3.8, 4) is 0 Å². The molecule has 354 valence electrons. The van der Waals surface area contributed by atoms with Crippen molar-refractivity contribution in [2.75, 3.05) is 26.4 Å². The molecular formula is C51H92NO8P. The smallest absolute Gasteiger partial charge is 0.462 e. The van der Waals surface area contributed by atoms with Gasteiger partial charge in [-0.2, -0.15) is 0 Å². The van der Waals surface area contributed by atoms with Crippen LogP contribution in [0.1, 0.15) is 219 Å². The Balaban J connectivity index is 4.16. The molecule has 0 heterocycles. The van der Waals surface area contributed by atoms with E-state index in [-0.39, 0.29) is 32.6 Å². The Morgan fingerprint density at radius 2 is 0.885 bits per heavy atom. The summed E-state index contributed by atoms with van der Waals surface area (Å²) in [5, 5.41) is 0. The maximum absolute atomic E-state index is 12.6. The minimum Gasteiger partial charge on any atom is -0.462 e. The summed E-state index contributed by atoms with van der Waals surface area (Å²) in [5.74, 6) is -0.919. The molecule has 9 nitrogen and oxygen atoms in total. The van der Waals surface area contributed by atoms with Crippen molar-refractivity contribution in [3.05, 3.63) is 60.8 Å². The van der Waals surface area contributed by atoms with Gasteiger partial charge in [0.15, 0.2) is 6.10 Å². The van der Waals surface area contributed by atoms with E-state index in [2.05, 4.69) is 62.5 Å². The predicted octanol–water partition coefficient (Wildman–Crippen LogP) is 14.8. The van der Waals surface area contributed by atoms with E-state index in [1.54, 1.807) is 0 Å². The number of carbonyl (C=O) groups excluding carboxylic acids is 2. The highest BCUT2D eigenvalue weighted by Gasteiger charge is 2.26. The number of rotatable bonds is 46. The number of carbonyl (C=O) groups is 2. The molecule has 10 heteroatoms. The normalized spacial score (nSPS) is 13.7. The van der Waals surface area contributed by atoms with Crippen LogP contribution in [0.4, 0.5) is 0 Å². The molecule has 0 saturated carbocycles. The van der Waals surface area contributed by atoms with Crippen LogP contribution in [-0.4, -0.2) is 49.3 Å². The van der Waals surface area contributed by atoms with Crippen LogP contribution in [0.15, 0.2) is 60.8 Å². The molecule has 0 aliphatic heterocycles. The largest absolute Gasteiger partial charge is 0.472 e. The van der Waals surface area contributed by atoms with Crippen molar-refractivity contribution in [2.24, 2.45) is 5.73 Å². The number of allylic oxidation sites excluding steroid dienone is 10. The number of unbranched alkanes of at least 4 members (excludes halogenated alkanes) is 23. The van der Waals surface area contributed by atoms with Crippen molar-refractivity contribution in [1.82, 2.24) is 0 Å². The Morgan fingerprint density at radius 1 is 0.492 bits per heavy atom. The second-order valence-corrected chi connectivity index (χ2v) is 17.8. The van der Waals surface area contributed by atoms with Crippen LogP contribution in [-0.2, 0) is 32.7 Å². The molecule has 0 aromatic heterocycles. The first-order valence-corrected chi connectivity index (χ1v) is 26.3. The predicted molar refractivity (Wildman–Crippen MR) is 256 cm³/mol. The van der Waals surface area contributed by atoms with Gasteiger partial charge in [-0.15, -0.1) is 0 Å². The summed E-state index contributed by atoms with van der Waals surface area (Å²) in [6.07, 6.45) is 57.0. The molecule has 0 radical (unpaired) electrons. The van der Waals surface area contributed by atoms with E-state index in [0.29, 0.717) is 12.8 Å². The highest BCUT2D eigenvalue weighted by molar-refractivity contribution is 7.47. The first-order valence-electron chi connectivity index (χ1n) is 24.8. The SMILES string of the molecule is CCCCC/C=C\C/C=C\C/C=C\C/C=C\C/C=C\CCC(=O)OC[C@H](COP(=O)(O)OCCN)OC(=O)CCCCCCCCCCCCCCCCCCCCCCC. The Hall–Kier alpha value is -2.29. The summed E-state index contributed by atoms with van der Waals surface area (Å²) in [7, 11) is -4.40. The molecule has 0 aliphatic carbocycles. The van der Waals surface area contributed by atoms with Crippen molar-refractivity contribution in [2.45, 2.75) is 225 Å². The van der Waals surface area contributed by atoms with Crippen LogP contribution in [0.5, 0.6) is 0 Å². The lowest BCUT2D eigenvalue weighted by Crippen LogP contribution is -2.29. The van der Waals surface area contributed by atoms with E-state index >= 15 is 0 Å². The summed E-state index contributed by atoms with van der Waals surface area (Å²) < 4.78 is 32.8. The number of phosphoric acid groups is 1. The average molecular weight is 878 g/mol. The topological polar surface area (TPSA) is 134 Å². The van der Waals surface area contributed by atoms with Gasteiger partial charge in [0.2, 0.25) is 0 Å². The highest BCUT2D eigenvalue weighted by Crippen LogP contribution is 2.43. The van der Waals surface area contributed by atoms with Gasteiger partial charge >= 0.3 is 19.8 Å². The third-order valence-electron chi connectivity index (χ3n) is 10.4. The fourth-order valence-electron chi connectivity index (χ4n) is 6.74. The standard InChI is InChI=1S/C51H92NO8P/c1-3-5-7-9-11-13-15-17-19-21-23-24-26-28-30-32-34-36-38-40-42-44-51(54)60-49(48-59-61(55,56)58-46-45-52)47-57-50(53)43-41-39-37-35-33-31-29-27-25-22-20-18-16-14-12-10-8-6-4-2/h12,14,18,20,25,27,31,33,37,39,49H,3-11,13,15-17,19,21-24,26,28-30,32,34-36,38,40-48,52H2,1-2H3,(H,55,56)/b14-12-,20-18-,27-25-,33-31-,39-37-/t49-/m1/s1. The van der Waals surface area contributed by atoms with Crippen LogP contribution in [0.3, 0.4) is 0 Å². The molecule has 0 amide bonds. The minimum atomic E-state index is -4.40. The third-order valence-corrected chi connectivity index (χ3v) is 11.4. The second kappa shape index (κ2) is 47.2. The van der Waals surface area contributed by atoms with E-state index in [1.807, 2.05) is 12.2 Å². The zero-order valence-electron chi connectivity index (χ0n) is 39.1. The fraction of sp³-hybridized carbons (Fsp3) is 0.765. The molecule has 0 aliphatic rings. The van der Waals surface area contributed by atoms with Crippen molar-refractivity contribution >= 4 is 19.8 Å². The summed E-state index contributed by atoms with van der Waals surface area (Å²) in [6, 6.07) is 0. The lowest BCUT2D eigenvalue weighted by Gasteiger charge is -2.19. The Morgan fingerprint density at radius 3 is 1.33 bits per heavy atom. The van der Waals surface area contributed by atoms with Crippen molar-refractivity contribution in [1.29, 1.82) is 0 Å². The van der Waals surface area contributed by atoms with E-state index in [9.17, 15) is 19.0 Å². The van der Waals surface area contributed by atoms with Crippen molar-refractivity contribution in [3.63, 3.8) is 0 Å². The van der Waals surface area contributed by atoms with E-state index in [0.717, 1.165) is 44.9 Å². The van der Waals surface area contributed by atoms with Crippen LogP contribution in [0, 0.1) is 0 Å². The van der Waals surface area contributed by atoms with Crippen molar-refractivity contribution < 1.29 is 37.6 Å². The first kappa shape index (κ1) is 58.7. The molecule has 3 N–H and O–H groups in total. The molecule has 0 aromatic carbocycles. The lowest BCUT2D eigenvalue weighted by molar-refractivity contribution is -0.161.